The molecule has 1 aromatic carbocycles. The van der Waals surface area contributed by atoms with Gasteiger partial charge in [0.05, 0.1) is 7.11 Å². The fourth-order valence-electron chi connectivity index (χ4n) is 1.70. The molecule has 2 rings (SSSR count). The van der Waals surface area contributed by atoms with Gasteiger partial charge in [-0.25, -0.2) is 14.2 Å². The number of nitrogens with one attached hydrogen (secondary N) is 1. The van der Waals surface area contributed by atoms with Crippen LogP contribution in [-0.2, 0) is 11.2 Å². The SMILES string of the molecule is CCc1[nH]c(-c2cccc(F)c2)nc1C(=O)OC. The average Bonchev–Trinajstić information content (AvgIpc) is 2.82. The molecule has 0 spiro atoms. The summed E-state index contributed by atoms with van der Waals surface area (Å²) in [4.78, 5) is 18.7. The molecule has 0 radical (unpaired) electrons. The molecule has 0 aliphatic carbocycles. The van der Waals surface area contributed by atoms with Gasteiger partial charge in [-0.05, 0) is 18.6 Å². The maximum Gasteiger partial charge on any atom is 0.358 e. The molecule has 1 aromatic heterocycles. The number of aromatic amines is 1. The molecule has 1 heterocycles. The number of hydrogen-bond donors (Lipinski definition) is 1. The first-order chi connectivity index (χ1) is 8.65. The van der Waals surface area contributed by atoms with Crippen LogP contribution < -0.4 is 0 Å². The van der Waals surface area contributed by atoms with Crippen molar-refractivity contribution in [2.24, 2.45) is 0 Å². The lowest BCUT2D eigenvalue weighted by atomic mass is 10.2. The van der Waals surface area contributed by atoms with Gasteiger partial charge in [0, 0.05) is 11.3 Å². The zero-order chi connectivity index (χ0) is 13.1. The van der Waals surface area contributed by atoms with Gasteiger partial charge in [-0.1, -0.05) is 19.1 Å². The Kier molecular flexibility index (Phi) is 3.41. The number of H-pyrrole nitrogens is 1. The second kappa shape index (κ2) is 5.00. The van der Waals surface area contributed by atoms with Crippen LogP contribution in [0.4, 0.5) is 4.39 Å². The molecular formula is C13H13FN2O2. The summed E-state index contributed by atoms with van der Waals surface area (Å²) >= 11 is 0. The fraction of sp³-hybridized carbons (Fsp3) is 0.231. The molecule has 0 aliphatic heterocycles. The summed E-state index contributed by atoms with van der Waals surface area (Å²) in [6.07, 6.45) is 0.618. The first kappa shape index (κ1) is 12.3. The summed E-state index contributed by atoms with van der Waals surface area (Å²) in [7, 11) is 1.30. The van der Waals surface area contributed by atoms with Crippen LogP contribution in [0.15, 0.2) is 24.3 Å². The van der Waals surface area contributed by atoms with E-state index >= 15 is 0 Å². The summed E-state index contributed by atoms with van der Waals surface area (Å²) < 4.78 is 17.8. The van der Waals surface area contributed by atoms with Crippen LogP contribution in [0.5, 0.6) is 0 Å². The number of imidazole rings is 1. The van der Waals surface area contributed by atoms with Gasteiger partial charge in [-0.15, -0.1) is 0 Å². The average molecular weight is 248 g/mol. The molecule has 0 saturated carbocycles. The van der Waals surface area contributed by atoms with Crippen molar-refractivity contribution >= 4 is 5.97 Å². The predicted octanol–water partition coefficient (Wildman–Crippen LogP) is 2.56. The zero-order valence-corrected chi connectivity index (χ0v) is 10.2. The molecule has 0 atom stereocenters. The van der Waals surface area contributed by atoms with Crippen molar-refractivity contribution in [2.75, 3.05) is 7.11 Å². The first-order valence-electron chi connectivity index (χ1n) is 5.58. The highest BCUT2D eigenvalue weighted by Gasteiger charge is 2.17. The summed E-state index contributed by atoms with van der Waals surface area (Å²) in [6, 6.07) is 6.03. The van der Waals surface area contributed by atoms with E-state index in [0.29, 0.717) is 23.5 Å². The number of esters is 1. The lowest BCUT2D eigenvalue weighted by Gasteiger charge is -1.95. The second-order valence-corrected chi connectivity index (χ2v) is 3.77. The molecule has 0 bridgehead atoms. The van der Waals surface area contributed by atoms with Crippen LogP contribution in [-0.4, -0.2) is 23.0 Å². The molecule has 18 heavy (non-hydrogen) atoms. The molecule has 4 nitrogen and oxygen atoms in total. The minimum atomic E-state index is -0.495. The Morgan fingerprint density at radius 2 is 2.28 bits per heavy atom. The fourth-order valence-corrected chi connectivity index (χ4v) is 1.70. The van der Waals surface area contributed by atoms with E-state index < -0.39 is 5.97 Å². The van der Waals surface area contributed by atoms with E-state index in [9.17, 15) is 9.18 Å². The van der Waals surface area contributed by atoms with Crippen molar-refractivity contribution < 1.29 is 13.9 Å². The minimum absolute atomic E-state index is 0.249. The molecule has 0 saturated heterocycles. The van der Waals surface area contributed by atoms with Gasteiger partial charge >= 0.3 is 5.97 Å². The van der Waals surface area contributed by atoms with Crippen LogP contribution in [0.3, 0.4) is 0 Å². The summed E-state index contributed by atoms with van der Waals surface area (Å²) in [5, 5.41) is 0. The quantitative estimate of drug-likeness (QED) is 0.849. The van der Waals surface area contributed by atoms with Gasteiger partial charge in [0.2, 0.25) is 0 Å². The van der Waals surface area contributed by atoms with Crippen LogP contribution >= 0.6 is 0 Å². The molecule has 94 valence electrons. The molecule has 0 fully saturated rings. The molecular weight excluding hydrogens is 235 g/mol. The lowest BCUT2D eigenvalue weighted by molar-refractivity contribution is 0.0593. The van der Waals surface area contributed by atoms with Crippen LogP contribution in [0.25, 0.3) is 11.4 Å². The zero-order valence-electron chi connectivity index (χ0n) is 10.2. The number of ether oxygens (including phenoxy) is 1. The maximum atomic E-state index is 13.1. The summed E-state index contributed by atoms with van der Waals surface area (Å²) in [5.74, 6) is -0.376. The number of aryl methyl sites for hydroxylation is 1. The predicted molar refractivity (Wildman–Crippen MR) is 64.7 cm³/mol. The van der Waals surface area contributed by atoms with Crippen LogP contribution in [0.2, 0.25) is 0 Å². The van der Waals surface area contributed by atoms with Crippen LogP contribution in [0.1, 0.15) is 23.1 Å². The minimum Gasteiger partial charge on any atom is -0.464 e. The van der Waals surface area contributed by atoms with Gasteiger partial charge in [0.1, 0.15) is 11.6 Å². The van der Waals surface area contributed by atoms with Crippen LogP contribution in [0, 0.1) is 5.82 Å². The van der Waals surface area contributed by atoms with E-state index in [1.807, 2.05) is 6.92 Å². The van der Waals surface area contributed by atoms with Crippen molar-refractivity contribution in [3.05, 3.63) is 41.5 Å². The maximum absolute atomic E-state index is 13.1. The highest BCUT2D eigenvalue weighted by molar-refractivity contribution is 5.89. The number of hydrogen-bond acceptors (Lipinski definition) is 3. The Labute approximate surface area is 104 Å². The largest absolute Gasteiger partial charge is 0.464 e. The van der Waals surface area contributed by atoms with Crippen molar-refractivity contribution in [1.82, 2.24) is 9.97 Å². The van der Waals surface area contributed by atoms with E-state index in [4.69, 9.17) is 0 Å². The van der Waals surface area contributed by atoms with E-state index in [2.05, 4.69) is 14.7 Å². The van der Waals surface area contributed by atoms with Crippen molar-refractivity contribution in [1.29, 1.82) is 0 Å². The highest BCUT2D eigenvalue weighted by Crippen LogP contribution is 2.20. The van der Waals surface area contributed by atoms with Crippen molar-refractivity contribution in [3.63, 3.8) is 0 Å². The van der Waals surface area contributed by atoms with Gasteiger partial charge in [-0.2, -0.15) is 0 Å². The Bertz CT molecular complexity index is 578. The van der Waals surface area contributed by atoms with Crippen molar-refractivity contribution in [2.45, 2.75) is 13.3 Å². The smallest absolute Gasteiger partial charge is 0.358 e. The topological polar surface area (TPSA) is 55.0 Å². The third-order valence-electron chi connectivity index (χ3n) is 2.61. The van der Waals surface area contributed by atoms with E-state index in [1.165, 1.54) is 19.2 Å². The number of benzene rings is 1. The number of nitrogens with zero attached hydrogens (tertiary/aromatic N) is 1. The standard InChI is InChI=1S/C13H13FN2O2/c1-3-10-11(13(17)18-2)16-12(15-10)8-5-4-6-9(14)7-8/h4-7H,3H2,1-2H3,(H,15,16). The third kappa shape index (κ3) is 2.25. The highest BCUT2D eigenvalue weighted by atomic mass is 19.1. The molecule has 0 unspecified atom stereocenters. The molecule has 2 aromatic rings. The van der Waals surface area contributed by atoms with E-state index in [-0.39, 0.29) is 11.5 Å². The summed E-state index contributed by atoms with van der Waals surface area (Å²) in [5.41, 5.74) is 1.53. The number of carbonyl (C=O) groups is 1. The van der Waals surface area contributed by atoms with Gasteiger partial charge in [-0.3, -0.25) is 0 Å². The number of halogens is 1. The molecule has 5 heteroatoms. The first-order valence-corrected chi connectivity index (χ1v) is 5.58. The van der Waals surface area contributed by atoms with Gasteiger partial charge < -0.3 is 9.72 Å². The molecule has 0 amide bonds. The number of carbonyl (C=O) groups excluding carboxylic acids is 1. The second-order valence-electron chi connectivity index (χ2n) is 3.77. The number of methoxy groups -OCH3 is 1. The monoisotopic (exact) mass is 248 g/mol. The van der Waals surface area contributed by atoms with E-state index in [1.54, 1.807) is 12.1 Å². The number of aromatic nitrogens is 2. The Balaban J connectivity index is 2.47. The van der Waals surface area contributed by atoms with E-state index in [0.717, 1.165) is 0 Å². The Hall–Kier alpha value is -2.17. The van der Waals surface area contributed by atoms with Gasteiger partial charge in [0.15, 0.2) is 5.69 Å². The summed E-state index contributed by atoms with van der Waals surface area (Å²) in [6.45, 7) is 1.90. The Morgan fingerprint density at radius 3 is 2.89 bits per heavy atom. The number of rotatable bonds is 3. The molecule has 0 aliphatic rings. The molecule has 1 N–H and O–H groups in total. The lowest BCUT2D eigenvalue weighted by Crippen LogP contribution is -2.04. The van der Waals surface area contributed by atoms with Crippen molar-refractivity contribution in [3.8, 4) is 11.4 Å². The van der Waals surface area contributed by atoms with Gasteiger partial charge in [0.25, 0.3) is 0 Å². The Morgan fingerprint density at radius 1 is 1.50 bits per heavy atom. The normalized spacial score (nSPS) is 10.4. The third-order valence-corrected chi connectivity index (χ3v) is 2.61.